The first-order valence-electron chi connectivity index (χ1n) is 7.86. The van der Waals surface area contributed by atoms with Crippen molar-refractivity contribution in [3.63, 3.8) is 0 Å². The minimum absolute atomic E-state index is 0.0885. The van der Waals surface area contributed by atoms with Gasteiger partial charge in [-0.1, -0.05) is 0 Å². The third-order valence-electron chi connectivity index (χ3n) is 3.95. The average Bonchev–Trinajstić information content (AvgIpc) is 2.46. The van der Waals surface area contributed by atoms with E-state index in [4.69, 9.17) is 0 Å². The van der Waals surface area contributed by atoms with Crippen LogP contribution in [0, 0.1) is 0 Å². The number of carbonyl (C=O) groups excluding carboxylic acids is 1. The number of nitrogens with one attached hydrogen (secondary N) is 1. The lowest BCUT2D eigenvalue weighted by atomic mass is 10.1. The first kappa shape index (κ1) is 16.6. The molecule has 0 aromatic heterocycles. The summed E-state index contributed by atoms with van der Waals surface area (Å²) in [5.74, 6) is 0.375. The molecule has 5 heteroatoms. The highest BCUT2D eigenvalue weighted by Gasteiger charge is 2.27. The molecule has 0 bridgehead atoms. The number of hydrogen-bond acceptors (Lipinski definition) is 4. The minimum atomic E-state index is -0.195. The second-order valence-corrected chi connectivity index (χ2v) is 6.95. The molecule has 1 amide bonds. The Kier molecular flexibility index (Phi) is 4.96. The second kappa shape index (κ2) is 6.57. The number of anilines is 1. The van der Waals surface area contributed by atoms with Crippen molar-refractivity contribution >= 4 is 11.6 Å². The standard InChI is InChI=1S/C17H27N3O2/c1-13(16(22)18-17(2,3)4)19-9-11-20(12-10-19)14-5-7-15(21)8-6-14/h5-8,13,21H,9-12H2,1-4H3,(H,18,22)/t13-/m1/s1. The first-order chi connectivity index (χ1) is 10.3. The zero-order chi connectivity index (χ0) is 16.3. The molecule has 0 radical (unpaired) electrons. The zero-order valence-corrected chi connectivity index (χ0v) is 14.0. The maximum atomic E-state index is 12.3. The number of amides is 1. The molecule has 1 aromatic carbocycles. The van der Waals surface area contributed by atoms with Crippen molar-refractivity contribution in [2.75, 3.05) is 31.1 Å². The van der Waals surface area contributed by atoms with Gasteiger partial charge in [-0.05, 0) is 52.0 Å². The van der Waals surface area contributed by atoms with E-state index in [1.807, 2.05) is 39.8 Å². The van der Waals surface area contributed by atoms with Crippen molar-refractivity contribution in [2.24, 2.45) is 0 Å². The number of nitrogens with zero attached hydrogens (tertiary/aromatic N) is 2. The summed E-state index contributed by atoms with van der Waals surface area (Å²) in [6.45, 7) is 11.5. The maximum absolute atomic E-state index is 12.3. The molecule has 1 fully saturated rings. The number of aromatic hydroxyl groups is 1. The predicted molar refractivity (Wildman–Crippen MR) is 89.3 cm³/mol. The molecule has 1 saturated heterocycles. The predicted octanol–water partition coefficient (Wildman–Crippen LogP) is 1.82. The largest absolute Gasteiger partial charge is 0.508 e. The number of phenols is 1. The van der Waals surface area contributed by atoms with E-state index in [0.29, 0.717) is 0 Å². The van der Waals surface area contributed by atoms with Gasteiger partial charge in [0, 0.05) is 37.4 Å². The van der Waals surface area contributed by atoms with Crippen LogP contribution in [0.2, 0.25) is 0 Å². The van der Waals surface area contributed by atoms with E-state index in [1.165, 1.54) is 0 Å². The van der Waals surface area contributed by atoms with Gasteiger partial charge in [0.2, 0.25) is 5.91 Å². The third-order valence-corrected chi connectivity index (χ3v) is 3.95. The van der Waals surface area contributed by atoms with E-state index in [1.54, 1.807) is 12.1 Å². The van der Waals surface area contributed by atoms with Crippen LogP contribution in [-0.4, -0.2) is 53.7 Å². The van der Waals surface area contributed by atoms with Crippen LogP contribution in [0.3, 0.4) is 0 Å². The lowest BCUT2D eigenvalue weighted by Gasteiger charge is -2.39. The normalized spacial score (nSPS) is 18.1. The molecule has 0 aliphatic carbocycles. The van der Waals surface area contributed by atoms with E-state index in [0.717, 1.165) is 31.9 Å². The van der Waals surface area contributed by atoms with Gasteiger partial charge in [0.05, 0.1) is 6.04 Å². The quantitative estimate of drug-likeness (QED) is 0.894. The van der Waals surface area contributed by atoms with Crippen molar-refractivity contribution in [1.82, 2.24) is 10.2 Å². The van der Waals surface area contributed by atoms with Crippen LogP contribution in [0.15, 0.2) is 24.3 Å². The van der Waals surface area contributed by atoms with Crippen LogP contribution in [0.1, 0.15) is 27.7 Å². The van der Waals surface area contributed by atoms with Gasteiger partial charge >= 0.3 is 0 Å². The van der Waals surface area contributed by atoms with Crippen molar-refractivity contribution in [1.29, 1.82) is 0 Å². The lowest BCUT2D eigenvalue weighted by Crippen LogP contribution is -2.56. The highest BCUT2D eigenvalue weighted by Crippen LogP contribution is 2.20. The summed E-state index contributed by atoms with van der Waals surface area (Å²) < 4.78 is 0. The Labute approximate surface area is 132 Å². The van der Waals surface area contributed by atoms with Crippen LogP contribution < -0.4 is 10.2 Å². The van der Waals surface area contributed by atoms with Crippen LogP contribution in [0.4, 0.5) is 5.69 Å². The summed E-state index contributed by atoms with van der Waals surface area (Å²) in [4.78, 5) is 16.8. The van der Waals surface area contributed by atoms with Crippen LogP contribution >= 0.6 is 0 Å². The van der Waals surface area contributed by atoms with Crippen molar-refractivity contribution in [3.05, 3.63) is 24.3 Å². The number of carbonyl (C=O) groups is 1. The van der Waals surface area contributed by atoms with Gasteiger partial charge in [-0.15, -0.1) is 0 Å². The Bertz CT molecular complexity index is 500. The molecule has 2 N–H and O–H groups in total. The fraction of sp³-hybridized carbons (Fsp3) is 0.588. The molecular formula is C17H27N3O2. The molecule has 0 unspecified atom stereocenters. The van der Waals surface area contributed by atoms with Crippen molar-refractivity contribution in [3.8, 4) is 5.75 Å². The molecule has 1 heterocycles. The van der Waals surface area contributed by atoms with Crippen LogP contribution in [-0.2, 0) is 4.79 Å². The molecule has 5 nitrogen and oxygen atoms in total. The van der Waals surface area contributed by atoms with Gasteiger partial charge in [-0.2, -0.15) is 0 Å². The van der Waals surface area contributed by atoms with E-state index in [9.17, 15) is 9.90 Å². The molecule has 2 rings (SSSR count). The summed E-state index contributed by atoms with van der Waals surface area (Å²) in [5, 5.41) is 12.4. The Balaban J connectivity index is 1.88. The van der Waals surface area contributed by atoms with Crippen molar-refractivity contribution in [2.45, 2.75) is 39.3 Å². The Hall–Kier alpha value is -1.75. The molecule has 1 aliphatic rings. The molecule has 0 spiro atoms. The summed E-state index contributed by atoms with van der Waals surface area (Å²) in [6, 6.07) is 7.17. The SMILES string of the molecule is C[C@H](C(=O)NC(C)(C)C)N1CCN(c2ccc(O)cc2)CC1. The highest BCUT2D eigenvalue weighted by molar-refractivity contribution is 5.82. The summed E-state index contributed by atoms with van der Waals surface area (Å²) in [6.07, 6.45) is 0. The fourth-order valence-corrected chi connectivity index (χ4v) is 2.67. The topological polar surface area (TPSA) is 55.8 Å². The van der Waals surface area contributed by atoms with E-state index in [-0.39, 0.29) is 23.2 Å². The van der Waals surface area contributed by atoms with Crippen LogP contribution in [0.5, 0.6) is 5.75 Å². The summed E-state index contributed by atoms with van der Waals surface area (Å²) in [7, 11) is 0. The maximum Gasteiger partial charge on any atom is 0.237 e. The Morgan fingerprint density at radius 3 is 2.18 bits per heavy atom. The zero-order valence-electron chi connectivity index (χ0n) is 14.0. The first-order valence-corrected chi connectivity index (χ1v) is 7.86. The molecule has 22 heavy (non-hydrogen) atoms. The lowest BCUT2D eigenvalue weighted by molar-refractivity contribution is -0.127. The van der Waals surface area contributed by atoms with Gasteiger partial charge < -0.3 is 15.3 Å². The molecule has 122 valence electrons. The van der Waals surface area contributed by atoms with E-state index >= 15 is 0 Å². The number of benzene rings is 1. The summed E-state index contributed by atoms with van der Waals surface area (Å²) in [5.41, 5.74) is 0.920. The van der Waals surface area contributed by atoms with Crippen LogP contribution in [0.25, 0.3) is 0 Å². The van der Waals surface area contributed by atoms with Gasteiger partial charge in [0.1, 0.15) is 5.75 Å². The monoisotopic (exact) mass is 305 g/mol. The molecular weight excluding hydrogens is 278 g/mol. The number of piperazine rings is 1. The second-order valence-electron chi connectivity index (χ2n) is 6.95. The third kappa shape index (κ3) is 4.37. The van der Waals surface area contributed by atoms with Gasteiger partial charge in [0.15, 0.2) is 0 Å². The Morgan fingerprint density at radius 1 is 1.14 bits per heavy atom. The van der Waals surface area contributed by atoms with Gasteiger partial charge in [-0.3, -0.25) is 9.69 Å². The average molecular weight is 305 g/mol. The van der Waals surface area contributed by atoms with Crippen molar-refractivity contribution < 1.29 is 9.90 Å². The number of rotatable bonds is 3. The molecule has 0 saturated carbocycles. The number of hydrogen-bond donors (Lipinski definition) is 2. The van der Waals surface area contributed by atoms with E-state index < -0.39 is 0 Å². The highest BCUT2D eigenvalue weighted by atomic mass is 16.3. The summed E-state index contributed by atoms with van der Waals surface area (Å²) >= 11 is 0. The van der Waals surface area contributed by atoms with E-state index in [2.05, 4.69) is 15.1 Å². The smallest absolute Gasteiger partial charge is 0.237 e. The Morgan fingerprint density at radius 2 is 1.68 bits per heavy atom. The fourth-order valence-electron chi connectivity index (χ4n) is 2.67. The molecule has 1 aromatic rings. The van der Waals surface area contributed by atoms with Gasteiger partial charge in [0.25, 0.3) is 0 Å². The number of phenolic OH excluding ortho intramolecular Hbond substituents is 1. The molecule has 1 atom stereocenters. The minimum Gasteiger partial charge on any atom is -0.508 e. The van der Waals surface area contributed by atoms with Gasteiger partial charge in [-0.25, -0.2) is 0 Å². The molecule has 1 aliphatic heterocycles.